The van der Waals surface area contributed by atoms with Crippen LogP contribution in [0.15, 0.2) is 0 Å². The molecule has 0 bridgehead atoms. The van der Waals surface area contributed by atoms with Gasteiger partial charge in [-0.05, 0) is 34.1 Å². The Kier molecular flexibility index (Phi) is 5.06. The highest BCUT2D eigenvalue weighted by molar-refractivity contribution is 4.76. The molecule has 0 aliphatic heterocycles. The van der Waals surface area contributed by atoms with Gasteiger partial charge >= 0.3 is 0 Å². The van der Waals surface area contributed by atoms with Crippen molar-refractivity contribution in [2.45, 2.75) is 52.2 Å². The largest absolute Gasteiger partial charge is 0.396 e. The van der Waals surface area contributed by atoms with E-state index in [0.29, 0.717) is 13.0 Å². The highest BCUT2D eigenvalue weighted by Gasteiger charge is 2.26. The number of hydrogen-bond acceptors (Lipinski definition) is 3. The van der Waals surface area contributed by atoms with Crippen molar-refractivity contribution in [3.8, 4) is 0 Å². The minimum absolute atomic E-state index is 0.101. The van der Waals surface area contributed by atoms with Gasteiger partial charge in [-0.3, -0.25) is 0 Å². The molecular weight excluding hydrogens is 180 g/mol. The number of aliphatic hydroxyl groups is 2. The lowest BCUT2D eigenvalue weighted by Gasteiger charge is -2.32. The first kappa shape index (κ1) is 13.9. The van der Waals surface area contributed by atoms with Gasteiger partial charge in [0.15, 0.2) is 0 Å². The third-order valence-corrected chi connectivity index (χ3v) is 2.65. The highest BCUT2D eigenvalue weighted by atomic mass is 16.5. The molecule has 0 aromatic carbocycles. The van der Waals surface area contributed by atoms with Crippen LogP contribution in [0.2, 0.25) is 0 Å². The fourth-order valence-corrected chi connectivity index (χ4v) is 0.926. The molecule has 0 aromatic rings. The Morgan fingerprint density at radius 2 is 1.71 bits per heavy atom. The Morgan fingerprint density at radius 3 is 2.07 bits per heavy atom. The predicted octanol–water partition coefficient (Wildman–Crippen LogP) is 1.57. The molecule has 86 valence electrons. The molecule has 0 saturated carbocycles. The fourth-order valence-electron chi connectivity index (χ4n) is 0.926. The quantitative estimate of drug-likeness (QED) is 0.690. The summed E-state index contributed by atoms with van der Waals surface area (Å²) in [5.41, 5.74) is -1.02. The second-order valence-electron chi connectivity index (χ2n) is 5.10. The number of hydrogen-bond donors (Lipinski definition) is 2. The van der Waals surface area contributed by atoms with Gasteiger partial charge in [-0.2, -0.15) is 0 Å². The molecule has 0 amide bonds. The smallest absolute Gasteiger partial charge is 0.0673 e. The van der Waals surface area contributed by atoms with E-state index in [-0.39, 0.29) is 18.1 Å². The maximum Gasteiger partial charge on any atom is 0.0673 e. The van der Waals surface area contributed by atoms with Crippen molar-refractivity contribution in [1.29, 1.82) is 0 Å². The third-order valence-electron chi connectivity index (χ3n) is 2.65. The molecule has 14 heavy (non-hydrogen) atoms. The molecule has 0 aliphatic carbocycles. The lowest BCUT2D eigenvalue weighted by atomic mass is 9.93. The van der Waals surface area contributed by atoms with Crippen molar-refractivity contribution in [3.05, 3.63) is 0 Å². The molecule has 0 heterocycles. The van der Waals surface area contributed by atoms with E-state index in [0.717, 1.165) is 0 Å². The molecule has 1 unspecified atom stereocenters. The summed E-state index contributed by atoms with van der Waals surface area (Å²) in [6.07, 6.45) is 0.606. The Hall–Kier alpha value is -0.120. The fraction of sp³-hybridized carbons (Fsp3) is 1.00. The predicted molar refractivity (Wildman–Crippen MR) is 57.2 cm³/mol. The minimum Gasteiger partial charge on any atom is -0.396 e. The van der Waals surface area contributed by atoms with E-state index in [1.807, 2.05) is 20.8 Å². The first-order valence-electron chi connectivity index (χ1n) is 5.16. The Bertz CT molecular complexity index is 158. The summed E-state index contributed by atoms with van der Waals surface area (Å²) in [5.74, 6) is 0.101. The normalized spacial score (nSPS) is 15.6. The molecule has 0 fully saturated rings. The van der Waals surface area contributed by atoms with Crippen LogP contribution in [0.1, 0.15) is 41.0 Å². The van der Waals surface area contributed by atoms with Gasteiger partial charge in [0.2, 0.25) is 0 Å². The molecule has 3 heteroatoms. The Labute approximate surface area is 87.1 Å². The van der Waals surface area contributed by atoms with Crippen LogP contribution in [0, 0.1) is 5.92 Å². The van der Waals surface area contributed by atoms with Crippen LogP contribution >= 0.6 is 0 Å². The van der Waals surface area contributed by atoms with E-state index in [1.165, 1.54) is 0 Å². The van der Waals surface area contributed by atoms with Gasteiger partial charge < -0.3 is 14.9 Å². The highest BCUT2D eigenvalue weighted by Crippen LogP contribution is 2.21. The molecule has 1 atom stereocenters. The zero-order valence-electron chi connectivity index (χ0n) is 10.0. The van der Waals surface area contributed by atoms with Gasteiger partial charge in [-0.15, -0.1) is 0 Å². The van der Waals surface area contributed by atoms with E-state index in [2.05, 4.69) is 0 Å². The second-order valence-corrected chi connectivity index (χ2v) is 5.10. The topological polar surface area (TPSA) is 49.7 Å². The number of rotatable bonds is 6. The average molecular weight is 204 g/mol. The van der Waals surface area contributed by atoms with Crippen LogP contribution in [0.5, 0.6) is 0 Å². The van der Waals surface area contributed by atoms with Gasteiger partial charge in [0, 0.05) is 12.5 Å². The monoisotopic (exact) mass is 204 g/mol. The van der Waals surface area contributed by atoms with Crippen LogP contribution in [0.3, 0.4) is 0 Å². The lowest BCUT2D eigenvalue weighted by molar-refractivity contribution is -0.0842. The van der Waals surface area contributed by atoms with Crippen molar-refractivity contribution in [3.63, 3.8) is 0 Å². The molecule has 0 aliphatic rings. The van der Waals surface area contributed by atoms with Gasteiger partial charge in [0.05, 0.1) is 17.8 Å². The zero-order chi connectivity index (χ0) is 11.4. The molecular formula is C11H24O3. The van der Waals surface area contributed by atoms with E-state index in [1.54, 1.807) is 13.8 Å². The van der Waals surface area contributed by atoms with E-state index in [9.17, 15) is 5.11 Å². The zero-order valence-corrected chi connectivity index (χ0v) is 10.0. The summed E-state index contributed by atoms with van der Waals surface area (Å²) in [6, 6.07) is 0. The number of aliphatic hydroxyl groups excluding tert-OH is 1. The van der Waals surface area contributed by atoms with Crippen LogP contribution in [-0.4, -0.2) is 34.6 Å². The summed E-state index contributed by atoms with van der Waals surface area (Å²) in [4.78, 5) is 0. The van der Waals surface area contributed by atoms with Crippen molar-refractivity contribution in [2.24, 2.45) is 5.92 Å². The van der Waals surface area contributed by atoms with Gasteiger partial charge in [-0.1, -0.05) is 6.92 Å². The van der Waals surface area contributed by atoms with Crippen molar-refractivity contribution < 1.29 is 14.9 Å². The Balaban J connectivity index is 3.88. The summed E-state index contributed by atoms with van der Waals surface area (Å²) < 4.78 is 5.64. The van der Waals surface area contributed by atoms with Crippen LogP contribution in [0.25, 0.3) is 0 Å². The van der Waals surface area contributed by atoms with Gasteiger partial charge in [0.25, 0.3) is 0 Å². The Morgan fingerprint density at radius 1 is 1.21 bits per heavy atom. The summed E-state index contributed by atoms with van der Waals surface area (Å²) in [6.45, 7) is 10.0. The lowest BCUT2D eigenvalue weighted by Crippen LogP contribution is -2.36. The summed E-state index contributed by atoms with van der Waals surface area (Å²) in [7, 11) is 0. The first-order valence-corrected chi connectivity index (χ1v) is 5.16. The standard InChI is InChI=1S/C11H24O3/c1-9(8-12)11(4,5)14-7-6-10(2,3)13/h9,12-13H,6-8H2,1-5H3. The molecule has 0 saturated heterocycles. The maximum atomic E-state index is 9.48. The van der Waals surface area contributed by atoms with Crippen LogP contribution in [-0.2, 0) is 4.74 Å². The van der Waals surface area contributed by atoms with Crippen LogP contribution < -0.4 is 0 Å². The molecule has 2 N–H and O–H groups in total. The molecule has 0 aromatic heterocycles. The average Bonchev–Trinajstić information content (AvgIpc) is 2.00. The van der Waals surface area contributed by atoms with Crippen LogP contribution in [0.4, 0.5) is 0 Å². The second kappa shape index (κ2) is 5.10. The van der Waals surface area contributed by atoms with Crippen molar-refractivity contribution in [1.82, 2.24) is 0 Å². The van der Waals surface area contributed by atoms with Gasteiger partial charge in [-0.25, -0.2) is 0 Å². The first-order chi connectivity index (χ1) is 6.19. The molecule has 0 spiro atoms. The number of ether oxygens (including phenoxy) is 1. The maximum absolute atomic E-state index is 9.48. The summed E-state index contributed by atoms with van der Waals surface area (Å²) in [5, 5.41) is 18.5. The van der Waals surface area contributed by atoms with Gasteiger partial charge in [0.1, 0.15) is 0 Å². The summed E-state index contributed by atoms with van der Waals surface area (Å²) >= 11 is 0. The minimum atomic E-state index is -0.682. The third kappa shape index (κ3) is 5.58. The van der Waals surface area contributed by atoms with Crippen molar-refractivity contribution in [2.75, 3.05) is 13.2 Å². The van der Waals surface area contributed by atoms with Crippen molar-refractivity contribution >= 4 is 0 Å². The molecule has 3 nitrogen and oxygen atoms in total. The van der Waals surface area contributed by atoms with E-state index < -0.39 is 5.60 Å². The molecule has 0 radical (unpaired) electrons. The van der Waals surface area contributed by atoms with E-state index >= 15 is 0 Å². The molecule has 0 rings (SSSR count). The SMILES string of the molecule is CC(CO)C(C)(C)OCCC(C)(C)O. The van der Waals surface area contributed by atoms with E-state index in [4.69, 9.17) is 9.84 Å².